The van der Waals surface area contributed by atoms with Crippen molar-refractivity contribution in [1.82, 2.24) is 15.3 Å². The van der Waals surface area contributed by atoms with Gasteiger partial charge in [0, 0.05) is 4.88 Å². The molecule has 1 saturated heterocycles. The van der Waals surface area contributed by atoms with Crippen LogP contribution in [0.3, 0.4) is 0 Å². The highest BCUT2D eigenvalue weighted by Gasteiger charge is 2.22. The summed E-state index contributed by atoms with van der Waals surface area (Å²) in [6.07, 6.45) is 7.67. The Bertz CT molecular complexity index is 619. The molecule has 2 aromatic heterocycles. The Balaban J connectivity index is 1.59. The van der Waals surface area contributed by atoms with Crippen LogP contribution in [0, 0.1) is 5.92 Å². The van der Waals surface area contributed by atoms with Gasteiger partial charge in [0.2, 0.25) is 5.88 Å². The third-order valence-corrected chi connectivity index (χ3v) is 5.58. The SMILES string of the molecule is c1nc(OCC2CCNCC2)c2c3c(sc2n1)CCC3. The van der Waals surface area contributed by atoms with Crippen LogP contribution >= 0.6 is 11.3 Å². The van der Waals surface area contributed by atoms with E-state index in [1.54, 1.807) is 6.33 Å². The lowest BCUT2D eigenvalue weighted by molar-refractivity contribution is 0.211. The molecule has 0 radical (unpaired) electrons. The number of nitrogens with zero attached hydrogens (tertiary/aromatic N) is 2. The fourth-order valence-electron chi connectivity index (χ4n) is 3.25. The van der Waals surface area contributed by atoms with Gasteiger partial charge in [0.15, 0.2) is 0 Å². The average Bonchev–Trinajstić information content (AvgIpc) is 3.06. The first kappa shape index (κ1) is 12.5. The Labute approximate surface area is 122 Å². The molecule has 0 unspecified atom stereocenters. The minimum absolute atomic E-state index is 0.660. The number of fused-ring (bicyclic) bond motifs is 3. The van der Waals surface area contributed by atoms with Crippen molar-refractivity contribution in [1.29, 1.82) is 0 Å². The Morgan fingerprint density at radius 2 is 2.15 bits per heavy atom. The Morgan fingerprint density at radius 1 is 1.25 bits per heavy atom. The molecule has 2 aliphatic rings. The number of hydrogen-bond donors (Lipinski definition) is 1. The summed E-state index contributed by atoms with van der Waals surface area (Å²) in [6.45, 7) is 3.01. The second-order valence-corrected chi connectivity index (χ2v) is 6.80. The summed E-state index contributed by atoms with van der Waals surface area (Å²) in [5.74, 6) is 1.47. The van der Waals surface area contributed by atoms with Crippen LogP contribution in [-0.2, 0) is 12.8 Å². The maximum Gasteiger partial charge on any atom is 0.225 e. The normalized spacial score (nSPS) is 19.4. The lowest BCUT2D eigenvalue weighted by Gasteiger charge is -2.22. The van der Waals surface area contributed by atoms with Crippen LogP contribution in [0.1, 0.15) is 29.7 Å². The van der Waals surface area contributed by atoms with E-state index in [-0.39, 0.29) is 0 Å². The van der Waals surface area contributed by atoms with Crippen LogP contribution < -0.4 is 10.1 Å². The molecule has 0 saturated carbocycles. The number of aryl methyl sites for hydroxylation is 2. The van der Waals surface area contributed by atoms with Crippen molar-refractivity contribution in [2.75, 3.05) is 19.7 Å². The van der Waals surface area contributed by atoms with E-state index in [0.29, 0.717) is 5.92 Å². The minimum Gasteiger partial charge on any atom is -0.477 e. The number of ether oxygens (including phenoxy) is 1. The zero-order chi connectivity index (χ0) is 13.4. The van der Waals surface area contributed by atoms with Crippen LogP contribution in [-0.4, -0.2) is 29.7 Å². The van der Waals surface area contributed by atoms with Crippen LogP contribution in [0.4, 0.5) is 0 Å². The predicted molar refractivity (Wildman–Crippen MR) is 80.5 cm³/mol. The van der Waals surface area contributed by atoms with Crippen molar-refractivity contribution >= 4 is 21.6 Å². The second-order valence-electron chi connectivity index (χ2n) is 5.72. The first-order valence-electron chi connectivity index (χ1n) is 7.50. The molecule has 1 fully saturated rings. The summed E-state index contributed by atoms with van der Waals surface area (Å²) < 4.78 is 6.07. The summed E-state index contributed by atoms with van der Waals surface area (Å²) in [4.78, 5) is 11.4. The molecule has 4 rings (SSSR count). The van der Waals surface area contributed by atoms with Crippen LogP contribution in [0.25, 0.3) is 10.2 Å². The number of piperidine rings is 1. The first-order valence-corrected chi connectivity index (χ1v) is 8.32. The highest BCUT2D eigenvalue weighted by atomic mass is 32.1. The van der Waals surface area contributed by atoms with E-state index in [1.165, 1.54) is 41.5 Å². The van der Waals surface area contributed by atoms with Crippen molar-refractivity contribution in [2.24, 2.45) is 5.92 Å². The lowest BCUT2D eigenvalue weighted by atomic mass is 9.99. The lowest BCUT2D eigenvalue weighted by Crippen LogP contribution is -2.30. The first-order chi connectivity index (χ1) is 9.92. The summed E-state index contributed by atoms with van der Waals surface area (Å²) in [5.41, 5.74) is 1.45. The number of thiophene rings is 1. The van der Waals surface area contributed by atoms with Gasteiger partial charge in [-0.3, -0.25) is 0 Å². The maximum atomic E-state index is 6.07. The molecule has 3 heterocycles. The van der Waals surface area contributed by atoms with Gasteiger partial charge in [-0.15, -0.1) is 11.3 Å². The molecule has 106 valence electrons. The summed E-state index contributed by atoms with van der Waals surface area (Å²) >= 11 is 1.82. The van der Waals surface area contributed by atoms with E-state index in [4.69, 9.17) is 4.74 Å². The maximum absolute atomic E-state index is 6.07. The molecule has 0 aromatic carbocycles. The Kier molecular flexibility index (Phi) is 3.32. The number of aromatic nitrogens is 2. The number of rotatable bonds is 3. The molecule has 0 bridgehead atoms. The third kappa shape index (κ3) is 2.19. The summed E-state index contributed by atoms with van der Waals surface area (Å²) in [7, 11) is 0. The molecule has 0 spiro atoms. The fraction of sp³-hybridized carbons (Fsp3) is 0.600. The zero-order valence-corrected chi connectivity index (χ0v) is 12.3. The highest BCUT2D eigenvalue weighted by molar-refractivity contribution is 7.18. The van der Waals surface area contributed by atoms with Crippen LogP contribution in [0.5, 0.6) is 5.88 Å². The monoisotopic (exact) mass is 289 g/mol. The van der Waals surface area contributed by atoms with E-state index < -0.39 is 0 Å². The number of nitrogens with one attached hydrogen (secondary N) is 1. The summed E-state index contributed by atoms with van der Waals surface area (Å²) in [5, 5.41) is 4.59. The average molecular weight is 289 g/mol. The van der Waals surface area contributed by atoms with Gasteiger partial charge in [0.1, 0.15) is 11.2 Å². The van der Waals surface area contributed by atoms with Gasteiger partial charge in [-0.2, -0.15) is 0 Å². The molecule has 0 atom stereocenters. The molecular weight excluding hydrogens is 270 g/mol. The Hall–Kier alpha value is -1.20. The topological polar surface area (TPSA) is 47.0 Å². The molecular formula is C15H19N3OS. The van der Waals surface area contributed by atoms with Crippen molar-refractivity contribution < 1.29 is 4.74 Å². The smallest absolute Gasteiger partial charge is 0.225 e. The molecule has 4 nitrogen and oxygen atoms in total. The third-order valence-electron chi connectivity index (χ3n) is 4.38. The standard InChI is InChI=1S/C15H19N3OS/c1-2-11-12(3-1)20-15-13(11)14(17-9-18-15)19-8-10-4-6-16-7-5-10/h9-10,16H,1-8H2. The van der Waals surface area contributed by atoms with E-state index in [2.05, 4.69) is 15.3 Å². The molecule has 20 heavy (non-hydrogen) atoms. The van der Waals surface area contributed by atoms with E-state index >= 15 is 0 Å². The van der Waals surface area contributed by atoms with Gasteiger partial charge in [0.05, 0.1) is 12.0 Å². The van der Waals surface area contributed by atoms with Crippen molar-refractivity contribution in [3.05, 3.63) is 16.8 Å². The van der Waals surface area contributed by atoms with Gasteiger partial charge < -0.3 is 10.1 Å². The van der Waals surface area contributed by atoms with E-state index in [9.17, 15) is 0 Å². The molecule has 1 aliphatic heterocycles. The van der Waals surface area contributed by atoms with Crippen LogP contribution in [0.2, 0.25) is 0 Å². The Morgan fingerprint density at radius 3 is 3.05 bits per heavy atom. The van der Waals surface area contributed by atoms with Gasteiger partial charge in [0.25, 0.3) is 0 Å². The molecule has 2 aromatic rings. The van der Waals surface area contributed by atoms with Crippen molar-refractivity contribution in [3.8, 4) is 5.88 Å². The quantitative estimate of drug-likeness (QED) is 0.943. The van der Waals surface area contributed by atoms with Gasteiger partial charge in [-0.05, 0) is 56.7 Å². The zero-order valence-electron chi connectivity index (χ0n) is 11.5. The van der Waals surface area contributed by atoms with Crippen LogP contribution in [0.15, 0.2) is 6.33 Å². The molecule has 5 heteroatoms. The molecule has 1 N–H and O–H groups in total. The predicted octanol–water partition coefficient (Wildman–Crippen LogP) is 2.56. The second kappa shape index (κ2) is 5.30. The van der Waals surface area contributed by atoms with Gasteiger partial charge in [-0.1, -0.05) is 0 Å². The minimum atomic E-state index is 0.660. The summed E-state index contributed by atoms with van der Waals surface area (Å²) in [6, 6.07) is 0. The van der Waals surface area contributed by atoms with E-state index in [0.717, 1.165) is 36.8 Å². The molecule has 0 amide bonds. The molecule has 1 aliphatic carbocycles. The fourth-order valence-corrected chi connectivity index (χ4v) is 4.47. The van der Waals surface area contributed by atoms with Gasteiger partial charge >= 0.3 is 0 Å². The van der Waals surface area contributed by atoms with Crippen molar-refractivity contribution in [2.45, 2.75) is 32.1 Å². The van der Waals surface area contributed by atoms with Crippen molar-refractivity contribution in [3.63, 3.8) is 0 Å². The number of hydrogen-bond acceptors (Lipinski definition) is 5. The largest absolute Gasteiger partial charge is 0.477 e. The highest BCUT2D eigenvalue weighted by Crippen LogP contribution is 2.39. The van der Waals surface area contributed by atoms with E-state index in [1.807, 2.05) is 11.3 Å². The van der Waals surface area contributed by atoms with Gasteiger partial charge in [-0.25, -0.2) is 9.97 Å².